The lowest BCUT2D eigenvalue weighted by Crippen LogP contribution is -2.49. The molecule has 174 valence electrons. The fraction of sp³-hybridized carbons (Fsp3) is 0.273. The number of rotatable bonds is 1. The van der Waals surface area contributed by atoms with Gasteiger partial charge in [0.05, 0.1) is 42.4 Å². The number of alkyl halides is 4. The van der Waals surface area contributed by atoms with Crippen LogP contribution >= 0.6 is 0 Å². The SMILES string of the molecule is Nc1nc2cnc(C(=O)N3CC(F)CC4Oc5cc(C(F)(F)F)ccc5C43)cc2n2cncc12. The summed E-state index contributed by atoms with van der Waals surface area (Å²) in [5.41, 5.74) is 7.03. The van der Waals surface area contributed by atoms with Gasteiger partial charge in [0.25, 0.3) is 5.91 Å². The molecular formula is C22H16F4N6O2. The van der Waals surface area contributed by atoms with Gasteiger partial charge in [-0.2, -0.15) is 13.2 Å². The number of fused-ring (bicyclic) bond motifs is 6. The largest absolute Gasteiger partial charge is 0.487 e. The number of halogens is 4. The van der Waals surface area contributed by atoms with Gasteiger partial charge in [0.2, 0.25) is 0 Å². The van der Waals surface area contributed by atoms with E-state index >= 15 is 0 Å². The number of anilines is 1. The van der Waals surface area contributed by atoms with Crippen molar-refractivity contribution in [2.75, 3.05) is 12.3 Å². The van der Waals surface area contributed by atoms with E-state index in [1.54, 1.807) is 4.40 Å². The standard InChI is InChI=1S/C22H16F4N6O2/c23-11-4-18-19(12-2-1-10(22(24,25)26)3-17(12)34-18)31(8-11)21(33)13-5-15-14(6-29-13)30-20(27)16-7-28-9-32(15)16/h1-3,5-7,9,11,18-19H,4,8H2,(H2,27,30). The van der Waals surface area contributed by atoms with Crippen LogP contribution in [-0.4, -0.2) is 49.0 Å². The molecule has 0 radical (unpaired) electrons. The Balaban J connectivity index is 1.41. The molecule has 3 atom stereocenters. The smallest absolute Gasteiger partial charge is 0.416 e. The number of amides is 1. The molecule has 5 heterocycles. The van der Waals surface area contributed by atoms with Crippen LogP contribution < -0.4 is 10.5 Å². The first-order valence-corrected chi connectivity index (χ1v) is 10.4. The molecule has 34 heavy (non-hydrogen) atoms. The third kappa shape index (κ3) is 3.05. The monoisotopic (exact) mass is 472 g/mol. The highest BCUT2D eigenvalue weighted by Crippen LogP contribution is 2.47. The van der Waals surface area contributed by atoms with Gasteiger partial charge >= 0.3 is 6.18 Å². The number of aromatic nitrogens is 4. The second kappa shape index (κ2) is 7.02. The molecule has 1 aromatic carbocycles. The highest BCUT2D eigenvalue weighted by Gasteiger charge is 2.47. The molecule has 1 amide bonds. The summed E-state index contributed by atoms with van der Waals surface area (Å²) in [6.07, 6.45) is -2.32. The fourth-order valence-corrected chi connectivity index (χ4v) is 4.74. The summed E-state index contributed by atoms with van der Waals surface area (Å²) in [6, 6.07) is 3.90. The van der Waals surface area contributed by atoms with Gasteiger partial charge in [-0.25, -0.2) is 19.3 Å². The van der Waals surface area contributed by atoms with E-state index in [0.717, 1.165) is 12.1 Å². The van der Waals surface area contributed by atoms with E-state index in [-0.39, 0.29) is 30.2 Å². The highest BCUT2D eigenvalue weighted by molar-refractivity contribution is 5.96. The number of carbonyl (C=O) groups excluding carboxylic acids is 1. The number of imidazole rings is 1. The zero-order chi connectivity index (χ0) is 23.8. The van der Waals surface area contributed by atoms with Crippen LogP contribution in [0.3, 0.4) is 0 Å². The molecule has 2 aliphatic rings. The van der Waals surface area contributed by atoms with Crippen LogP contribution in [0.25, 0.3) is 16.6 Å². The van der Waals surface area contributed by atoms with Crippen LogP contribution in [0.1, 0.15) is 34.1 Å². The number of likely N-dealkylation sites (tertiary alicyclic amines) is 1. The van der Waals surface area contributed by atoms with Gasteiger partial charge in [-0.1, -0.05) is 6.07 Å². The van der Waals surface area contributed by atoms with Gasteiger partial charge in [-0.05, 0) is 18.2 Å². The first kappa shape index (κ1) is 20.6. The van der Waals surface area contributed by atoms with Gasteiger partial charge < -0.3 is 15.4 Å². The van der Waals surface area contributed by atoms with Crippen molar-refractivity contribution in [2.45, 2.75) is 30.9 Å². The van der Waals surface area contributed by atoms with Gasteiger partial charge in [-0.3, -0.25) is 9.20 Å². The molecule has 2 N–H and O–H groups in total. The topological polar surface area (TPSA) is 98.6 Å². The summed E-state index contributed by atoms with van der Waals surface area (Å²) < 4.78 is 61.4. The molecule has 1 saturated heterocycles. The number of hydrogen-bond donors (Lipinski definition) is 1. The Labute approximate surface area is 189 Å². The predicted molar refractivity (Wildman–Crippen MR) is 112 cm³/mol. The van der Waals surface area contributed by atoms with E-state index in [4.69, 9.17) is 10.5 Å². The summed E-state index contributed by atoms with van der Waals surface area (Å²) in [4.78, 5) is 27.3. The lowest BCUT2D eigenvalue weighted by Gasteiger charge is -2.38. The van der Waals surface area contributed by atoms with Gasteiger partial charge in [0.1, 0.15) is 40.6 Å². The summed E-state index contributed by atoms with van der Waals surface area (Å²) in [6.45, 7) is -0.232. The molecule has 2 aliphatic heterocycles. The van der Waals surface area contributed by atoms with E-state index in [1.807, 2.05) is 0 Å². The maximum Gasteiger partial charge on any atom is 0.416 e. The third-order valence-electron chi connectivity index (χ3n) is 6.25. The molecule has 0 aliphatic carbocycles. The minimum absolute atomic E-state index is 0.00277. The Hall–Kier alpha value is -3.96. The summed E-state index contributed by atoms with van der Waals surface area (Å²) in [5, 5.41) is 0. The van der Waals surface area contributed by atoms with E-state index < -0.39 is 36.0 Å². The predicted octanol–water partition coefficient (Wildman–Crippen LogP) is 3.56. The lowest BCUT2D eigenvalue weighted by atomic mass is 9.92. The van der Waals surface area contributed by atoms with E-state index in [0.29, 0.717) is 22.1 Å². The van der Waals surface area contributed by atoms with Gasteiger partial charge in [0, 0.05) is 12.0 Å². The Kier molecular flexibility index (Phi) is 4.26. The highest BCUT2D eigenvalue weighted by atomic mass is 19.4. The van der Waals surface area contributed by atoms with E-state index in [1.165, 1.54) is 35.8 Å². The first-order chi connectivity index (χ1) is 16.2. The average Bonchev–Trinajstić information content (AvgIpc) is 3.42. The molecule has 3 unspecified atom stereocenters. The Morgan fingerprint density at radius 3 is 2.79 bits per heavy atom. The van der Waals surface area contributed by atoms with Gasteiger partial charge in [-0.15, -0.1) is 0 Å². The van der Waals surface area contributed by atoms with Crippen LogP contribution in [-0.2, 0) is 6.18 Å². The molecule has 3 aromatic heterocycles. The number of piperidine rings is 1. The normalized spacial score (nSPS) is 22.0. The maximum atomic E-state index is 14.6. The van der Waals surface area contributed by atoms with Crippen LogP contribution in [0.4, 0.5) is 23.4 Å². The number of nitrogens with two attached hydrogens (primary N) is 1. The summed E-state index contributed by atoms with van der Waals surface area (Å²) in [7, 11) is 0. The van der Waals surface area contributed by atoms with Crippen LogP contribution in [0.15, 0.2) is 43.0 Å². The van der Waals surface area contributed by atoms with Crippen LogP contribution in [0, 0.1) is 0 Å². The fourth-order valence-electron chi connectivity index (χ4n) is 4.74. The van der Waals surface area contributed by atoms with Crippen molar-refractivity contribution in [1.29, 1.82) is 0 Å². The molecule has 6 rings (SSSR count). The van der Waals surface area contributed by atoms with Crippen molar-refractivity contribution in [2.24, 2.45) is 0 Å². The number of benzene rings is 1. The number of carbonyl (C=O) groups is 1. The minimum Gasteiger partial charge on any atom is -0.487 e. The Morgan fingerprint density at radius 1 is 1.18 bits per heavy atom. The molecule has 12 heteroatoms. The molecule has 0 spiro atoms. The molecule has 1 fully saturated rings. The quantitative estimate of drug-likeness (QED) is 0.426. The van der Waals surface area contributed by atoms with E-state index in [2.05, 4.69) is 15.0 Å². The second-order valence-electron chi connectivity index (χ2n) is 8.35. The maximum absolute atomic E-state index is 14.6. The number of nitrogen functional groups attached to an aromatic ring is 1. The molecule has 0 saturated carbocycles. The molecular weight excluding hydrogens is 456 g/mol. The molecule has 4 aromatic rings. The van der Waals surface area contributed by atoms with Crippen molar-refractivity contribution in [3.63, 3.8) is 0 Å². The van der Waals surface area contributed by atoms with Crippen LogP contribution in [0.2, 0.25) is 0 Å². The van der Waals surface area contributed by atoms with Crippen molar-refractivity contribution in [3.05, 3.63) is 59.8 Å². The third-order valence-corrected chi connectivity index (χ3v) is 6.25. The van der Waals surface area contributed by atoms with Gasteiger partial charge in [0.15, 0.2) is 0 Å². The number of ether oxygens (including phenoxy) is 1. The summed E-state index contributed by atoms with van der Waals surface area (Å²) in [5.74, 6) is -0.313. The first-order valence-electron chi connectivity index (χ1n) is 10.4. The molecule has 8 nitrogen and oxygen atoms in total. The number of nitrogens with zero attached hydrogens (tertiary/aromatic N) is 5. The zero-order valence-electron chi connectivity index (χ0n) is 17.3. The second-order valence-corrected chi connectivity index (χ2v) is 8.35. The van der Waals surface area contributed by atoms with Crippen molar-refractivity contribution >= 4 is 28.3 Å². The van der Waals surface area contributed by atoms with Crippen molar-refractivity contribution in [3.8, 4) is 5.75 Å². The number of hydrogen-bond acceptors (Lipinski definition) is 6. The van der Waals surface area contributed by atoms with Crippen LogP contribution in [0.5, 0.6) is 5.75 Å². The number of pyridine rings is 1. The summed E-state index contributed by atoms with van der Waals surface area (Å²) >= 11 is 0. The Bertz CT molecular complexity index is 1470. The zero-order valence-corrected chi connectivity index (χ0v) is 17.3. The van der Waals surface area contributed by atoms with Crippen molar-refractivity contribution < 1.29 is 27.1 Å². The molecule has 0 bridgehead atoms. The average molecular weight is 472 g/mol. The van der Waals surface area contributed by atoms with Crippen molar-refractivity contribution in [1.82, 2.24) is 24.3 Å². The van der Waals surface area contributed by atoms with E-state index in [9.17, 15) is 22.4 Å². The minimum atomic E-state index is -4.55. The Morgan fingerprint density at radius 2 is 2.00 bits per heavy atom. The lowest BCUT2D eigenvalue weighted by molar-refractivity contribution is -0.137.